The van der Waals surface area contributed by atoms with Crippen molar-refractivity contribution in [1.82, 2.24) is 10.2 Å². The van der Waals surface area contributed by atoms with E-state index in [1.165, 1.54) is 57.2 Å². The highest BCUT2D eigenvalue weighted by Gasteiger charge is 2.31. The maximum Gasteiger partial charge on any atom is 0.0261 e. The van der Waals surface area contributed by atoms with Gasteiger partial charge in [-0.2, -0.15) is 0 Å². The average molecular weight is 286 g/mol. The molecule has 2 atom stereocenters. The summed E-state index contributed by atoms with van der Waals surface area (Å²) in [5.41, 5.74) is 1.47. The Balaban J connectivity index is 1.58. The van der Waals surface area contributed by atoms with Crippen molar-refractivity contribution in [3.8, 4) is 0 Å². The minimum atomic E-state index is 0.664. The van der Waals surface area contributed by atoms with Crippen LogP contribution in [0.4, 0.5) is 0 Å². The molecule has 0 radical (unpaired) electrons. The number of nitrogens with zero attached hydrogens (tertiary/aromatic N) is 1. The molecule has 2 aliphatic rings. The number of nitrogens with one attached hydrogen (secondary N) is 1. The summed E-state index contributed by atoms with van der Waals surface area (Å²) in [7, 11) is 0. The highest BCUT2D eigenvalue weighted by Crippen LogP contribution is 2.28. The van der Waals surface area contributed by atoms with Crippen LogP contribution in [0.15, 0.2) is 30.3 Å². The molecule has 1 aliphatic carbocycles. The van der Waals surface area contributed by atoms with Crippen molar-refractivity contribution in [2.45, 2.75) is 57.5 Å². The van der Waals surface area contributed by atoms with Crippen LogP contribution in [-0.2, 0) is 6.42 Å². The molecule has 2 fully saturated rings. The van der Waals surface area contributed by atoms with Gasteiger partial charge < -0.3 is 5.32 Å². The monoisotopic (exact) mass is 286 g/mol. The van der Waals surface area contributed by atoms with Gasteiger partial charge in [0.15, 0.2) is 0 Å². The molecular formula is C19H30N2. The maximum absolute atomic E-state index is 3.88. The van der Waals surface area contributed by atoms with Crippen LogP contribution in [0.1, 0.15) is 44.6 Å². The predicted molar refractivity (Wildman–Crippen MR) is 89.5 cm³/mol. The molecule has 0 bridgehead atoms. The maximum atomic E-state index is 3.88. The Kier molecular flexibility index (Phi) is 5.32. The Labute approximate surface area is 129 Å². The molecule has 0 amide bonds. The molecule has 116 valence electrons. The van der Waals surface area contributed by atoms with E-state index in [2.05, 4.69) is 47.5 Å². The summed E-state index contributed by atoms with van der Waals surface area (Å²) in [4.78, 5) is 2.71. The van der Waals surface area contributed by atoms with Crippen molar-refractivity contribution in [2.24, 2.45) is 5.92 Å². The van der Waals surface area contributed by atoms with E-state index in [1.54, 1.807) is 0 Å². The Morgan fingerprint density at radius 2 is 1.86 bits per heavy atom. The van der Waals surface area contributed by atoms with Crippen LogP contribution in [0.25, 0.3) is 0 Å². The largest absolute Gasteiger partial charge is 0.311 e. The summed E-state index contributed by atoms with van der Waals surface area (Å²) in [6.45, 7) is 5.91. The first-order valence-corrected chi connectivity index (χ1v) is 8.88. The number of likely N-dealkylation sites (N-methyl/N-ethyl adjacent to an activating group) is 1. The van der Waals surface area contributed by atoms with Crippen LogP contribution in [0.3, 0.4) is 0 Å². The summed E-state index contributed by atoms with van der Waals surface area (Å²) in [6, 6.07) is 12.4. The number of benzene rings is 1. The first-order valence-electron chi connectivity index (χ1n) is 8.88. The van der Waals surface area contributed by atoms with Gasteiger partial charge in [0, 0.05) is 25.2 Å². The van der Waals surface area contributed by atoms with E-state index in [1.807, 2.05) is 0 Å². The molecule has 0 spiro atoms. The first kappa shape index (κ1) is 15.1. The molecule has 21 heavy (non-hydrogen) atoms. The Bertz CT molecular complexity index is 411. The number of rotatable bonds is 4. The van der Waals surface area contributed by atoms with Gasteiger partial charge in [0.2, 0.25) is 0 Å². The molecular weight excluding hydrogens is 256 g/mol. The molecule has 1 heterocycles. The lowest BCUT2D eigenvalue weighted by molar-refractivity contribution is 0.101. The standard InChI is InChI=1S/C19H30N2/c1-2-21-15-19(17-11-7-4-8-12-17)20-14-18(21)13-16-9-5-3-6-10-16/h3,5-6,9-10,17-20H,2,4,7-8,11-15H2,1H3. The van der Waals surface area contributed by atoms with Crippen LogP contribution in [0, 0.1) is 5.92 Å². The summed E-state index contributed by atoms with van der Waals surface area (Å²) >= 11 is 0. The van der Waals surface area contributed by atoms with Gasteiger partial charge in [-0.3, -0.25) is 4.90 Å². The van der Waals surface area contributed by atoms with E-state index in [4.69, 9.17) is 0 Å². The van der Waals surface area contributed by atoms with Gasteiger partial charge in [-0.25, -0.2) is 0 Å². The third-order valence-electron chi connectivity index (χ3n) is 5.50. The normalized spacial score (nSPS) is 28.6. The lowest BCUT2D eigenvalue weighted by Gasteiger charge is -2.43. The predicted octanol–water partition coefficient (Wildman–Crippen LogP) is 3.47. The fourth-order valence-corrected chi connectivity index (χ4v) is 4.21. The molecule has 2 unspecified atom stereocenters. The van der Waals surface area contributed by atoms with E-state index in [-0.39, 0.29) is 0 Å². The van der Waals surface area contributed by atoms with Gasteiger partial charge in [-0.1, -0.05) is 56.5 Å². The van der Waals surface area contributed by atoms with Crippen molar-refractivity contribution in [1.29, 1.82) is 0 Å². The quantitative estimate of drug-likeness (QED) is 0.911. The zero-order valence-electron chi connectivity index (χ0n) is 13.4. The van der Waals surface area contributed by atoms with Crippen LogP contribution in [0.5, 0.6) is 0 Å². The zero-order chi connectivity index (χ0) is 14.5. The number of piperazine rings is 1. The fourth-order valence-electron chi connectivity index (χ4n) is 4.21. The smallest absolute Gasteiger partial charge is 0.0261 e. The second-order valence-electron chi connectivity index (χ2n) is 6.84. The zero-order valence-corrected chi connectivity index (χ0v) is 13.4. The van der Waals surface area contributed by atoms with Gasteiger partial charge in [-0.05, 0) is 37.3 Å². The van der Waals surface area contributed by atoms with Crippen LogP contribution >= 0.6 is 0 Å². The third-order valence-corrected chi connectivity index (χ3v) is 5.50. The highest BCUT2D eigenvalue weighted by molar-refractivity contribution is 5.16. The van der Waals surface area contributed by atoms with E-state index >= 15 is 0 Å². The van der Waals surface area contributed by atoms with Crippen molar-refractivity contribution in [3.63, 3.8) is 0 Å². The Morgan fingerprint density at radius 3 is 2.57 bits per heavy atom. The highest BCUT2D eigenvalue weighted by atomic mass is 15.2. The van der Waals surface area contributed by atoms with Gasteiger partial charge in [0.1, 0.15) is 0 Å². The van der Waals surface area contributed by atoms with E-state index in [0.717, 1.165) is 18.5 Å². The van der Waals surface area contributed by atoms with E-state index in [9.17, 15) is 0 Å². The van der Waals surface area contributed by atoms with Gasteiger partial charge in [-0.15, -0.1) is 0 Å². The molecule has 1 saturated carbocycles. The Hall–Kier alpha value is -0.860. The summed E-state index contributed by atoms with van der Waals surface area (Å²) < 4.78 is 0. The van der Waals surface area contributed by atoms with Crippen LogP contribution < -0.4 is 5.32 Å². The molecule has 3 rings (SSSR count). The molecule has 2 nitrogen and oxygen atoms in total. The van der Waals surface area contributed by atoms with Crippen molar-refractivity contribution < 1.29 is 0 Å². The second kappa shape index (κ2) is 7.42. The second-order valence-corrected chi connectivity index (χ2v) is 6.84. The molecule has 1 saturated heterocycles. The lowest BCUT2D eigenvalue weighted by atomic mass is 9.82. The molecule has 1 aromatic carbocycles. The average Bonchev–Trinajstić information content (AvgIpc) is 2.57. The molecule has 1 aromatic rings. The summed E-state index contributed by atoms with van der Waals surface area (Å²) in [6.07, 6.45) is 8.42. The van der Waals surface area contributed by atoms with E-state index in [0.29, 0.717) is 6.04 Å². The van der Waals surface area contributed by atoms with Crippen molar-refractivity contribution >= 4 is 0 Å². The van der Waals surface area contributed by atoms with Gasteiger partial charge in [0.25, 0.3) is 0 Å². The van der Waals surface area contributed by atoms with Gasteiger partial charge >= 0.3 is 0 Å². The van der Waals surface area contributed by atoms with Crippen LogP contribution in [-0.4, -0.2) is 36.6 Å². The number of hydrogen-bond donors (Lipinski definition) is 1. The molecule has 1 N–H and O–H groups in total. The minimum absolute atomic E-state index is 0.664. The topological polar surface area (TPSA) is 15.3 Å². The molecule has 1 aliphatic heterocycles. The molecule has 2 heteroatoms. The van der Waals surface area contributed by atoms with Crippen molar-refractivity contribution in [3.05, 3.63) is 35.9 Å². The van der Waals surface area contributed by atoms with Crippen LogP contribution in [0.2, 0.25) is 0 Å². The van der Waals surface area contributed by atoms with Crippen molar-refractivity contribution in [2.75, 3.05) is 19.6 Å². The lowest BCUT2D eigenvalue weighted by Crippen LogP contribution is -2.59. The third kappa shape index (κ3) is 3.87. The summed E-state index contributed by atoms with van der Waals surface area (Å²) in [5, 5.41) is 3.88. The fraction of sp³-hybridized carbons (Fsp3) is 0.684. The summed E-state index contributed by atoms with van der Waals surface area (Å²) in [5.74, 6) is 0.922. The minimum Gasteiger partial charge on any atom is -0.311 e. The number of hydrogen-bond acceptors (Lipinski definition) is 2. The SMILES string of the molecule is CCN1CC(C2CCCCC2)NCC1Cc1ccccc1. The van der Waals surface area contributed by atoms with E-state index < -0.39 is 0 Å². The molecule has 0 aromatic heterocycles. The Morgan fingerprint density at radius 1 is 1.10 bits per heavy atom. The first-order chi connectivity index (χ1) is 10.4. The van der Waals surface area contributed by atoms with Gasteiger partial charge in [0.05, 0.1) is 0 Å².